The summed E-state index contributed by atoms with van der Waals surface area (Å²) in [7, 11) is -1.84. The Morgan fingerprint density at radius 3 is 2.39 bits per heavy atom. The van der Waals surface area contributed by atoms with Crippen molar-refractivity contribution in [3.63, 3.8) is 0 Å². The van der Waals surface area contributed by atoms with Gasteiger partial charge in [-0.05, 0) is 49.7 Å². The maximum atomic E-state index is 12.5. The molecule has 4 heteroatoms. The van der Waals surface area contributed by atoms with E-state index in [4.69, 9.17) is 4.43 Å². The first kappa shape index (κ1) is 18.5. The summed E-state index contributed by atoms with van der Waals surface area (Å²) in [6, 6.07) is 10.1. The minimum Gasteiger partial charge on any atom is -0.410 e. The fraction of sp³-hybridized carbons (Fsp3) is 0.526. The standard InChI is InChI=1S/C19H28O2SSi/c1-18(2,3)23(5,6)21-15-12-13-17(20)19(4,14-15)22-16-10-8-7-9-11-16/h7-13,15H,14H2,1-6H3/t15-,19+/m0/s1. The highest BCUT2D eigenvalue weighted by atomic mass is 32.2. The maximum absolute atomic E-state index is 12.5. The Balaban J connectivity index is 2.15. The molecule has 0 amide bonds. The third-order valence-corrected chi connectivity index (χ3v) is 10.7. The summed E-state index contributed by atoms with van der Waals surface area (Å²) in [6.45, 7) is 13.3. The summed E-state index contributed by atoms with van der Waals surface area (Å²) in [5.41, 5.74) is 0. The fourth-order valence-electron chi connectivity index (χ4n) is 2.40. The van der Waals surface area contributed by atoms with E-state index in [0.29, 0.717) is 0 Å². The minimum atomic E-state index is -1.84. The zero-order chi connectivity index (χ0) is 17.3. The number of ketones is 1. The fourth-order valence-corrected chi connectivity index (χ4v) is 4.90. The van der Waals surface area contributed by atoms with Gasteiger partial charge < -0.3 is 4.43 Å². The first-order valence-electron chi connectivity index (χ1n) is 8.18. The molecule has 1 aliphatic carbocycles. The molecule has 0 aromatic heterocycles. The topological polar surface area (TPSA) is 26.3 Å². The molecule has 0 radical (unpaired) electrons. The van der Waals surface area contributed by atoms with Crippen LogP contribution in [0.1, 0.15) is 34.1 Å². The molecular formula is C19H28O2SSi. The van der Waals surface area contributed by atoms with Crippen LogP contribution in [0.5, 0.6) is 0 Å². The van der Waals surface area contributed by atoms with E-state index in [9.17, 15) is 4.79 Å². The van der Waals surface area contributed by atoms with Crippen LogP contribution in [-0.4, -0.2) is 25.0 Å². The molecule has 126 valence electrons. The van der Waals surface area contributed by atoms with Crippen LogP contribution in [0.4, 0.5) is 0 Å². The van der Waals surface area contributed by atoms with Gasteiger partial charge >= 0.3 is 0 Å². The van der Waals surface area contributed by atoms with E-state index in [2.05, 4.69) is 46.0 Å². The van der Waals surface area contributed by atoms with E-state index in [-0.39, 0.29) is 16.9 Å². The average Bonchev–Trinajstić information content (AvgIpc) is 2.42. The Kier molecular flexibility index (Phi) is 5.29. The lowest BCUT2D eigenvalue weighted by molar-refractivity contribution is -0.117. The number of thioether (sulfide) groups is 1. The molecule has 1 aromatic carbocycles. The monoisotopic (exact) mass is 348 g/mol. The van der Waals surface area contributed by atoms with Gasteiger partial charge in [0.2, 0.25) is 0 Å². The normalized spacial score (nSPS) is 25.7. The van der Waals surface area contributed by atoms with Gasteiger partial charge in [0.25, 0.3) is 0 Å². The highest BCUT2D eigenvalue weighted by Gasteiger charge is 2.43. The molecule has 0 N–H and O–H groups in total. The quantitative estimate of drug-likeness (QED) is 0.676. The molecule has 0 unspecified atom stereocenters. The predicted molar refractivity (Wildman–Crippen MR) is 102 cm³/mol. The summed E-state index contributed by atoms with van der Waals surface area (Å²) in [6.07, 6.45) is 4.43. The minimum absolute atomic E-state index is 0.0230. The lowest BCUT2D eigenvalue weighted by Crippen LogP contribution is -2.47. The highest BCUT2D eigenvalue weighted by molar-refractivity contribution is 8.01. The largest absolute Gasteiger partial charge is 0.410 e. The number of hydrogen-bond donors (Lipinski definition) is 0. The summed E-state index contributed by atoms with van der Waals surface area (Å²) >= 11 is 1.65. The van der Waals surface area contributed by atoms with Gasteiger partial charge in [-0.2, -0.15) is 0 Å². The molecule has 0 fully saturated rings. The Morgan fingerprint density at radius 2 is 1.83 bits per heavy atom. The van der Waals surface area contributed by atoms with Gasteiger partial charge in [-0.25, -0.2) is 0 Å². The molecule has 2 atom stereocenters. The molecule has 0 aliphatic heterocycles. The number of carbonyl (C=O) groups excluding carboxylic acids is 1. The van der Waals surface area contributed by atoms with Crippen molar-refractivity contribution in [3.8, 4) is 0 Å². The van der Waals surface area contributed by atoms with Gasteiger partial charge in [0, 0.05) is 4.90 Å². The van der Waals surface area contributed by atoms with Gasteiger partial charge in [-0.1, -0.05) is 45.0 Å². The summed E-state index contributed by atoms with van der Waals surface area (Å²) in [4.78, 5) is 13.6. The third kappa shape index (κ3) is 4.37. The van der Waals surface area contributed by atoms with E-state index in [1.165, 1.54) is 0 Å². The van der Waals surface area contributed by atoms with E-state index in [0.717, 1.165) is 11.3 Å². The average molecular weight is 349 g/mol. The van der Waals surface area contributed by atoms with Crippen molar-refractivity contribution >= 4 is 25.9 Å². The SMILES string of the molecule is CC(C)(C)[Si](C)(C)O[C@H]1C=CC(=O)[C@](C)(Sc2ccccc2)C1. The van der Waals surface area contributed by atoms with Crippen molar-refractivity contribution in [2.24, 2.45) is 0 Å². The van der Waals surface area contributed by atoms with Crippen molar-refractivity contribution in [2.75, 3.05) is 0 Å². The molecule has 0 bridgehead atoms. The number of carbonyl (C=O) groups is 1. The zero-order valence-electron chi connectivity index (χ0n) is 15.1. The molecule has 0 heterocycles. The Bertz CT molecular complexity index is 589. The molecule has 2 rings (SSSR count). The molecule has 1 aliphatic rings. The van der Waals surface area contributed by atoms with Crippen LogP contribution < -0.4 is 0 Å². The smallest absolute Gasteiger partial charge is 0.192 e. The van der Waals surface area contributed by atoms with Gasteiger partial charge in [-0.3, -0.25) is 4.79 Å². The second-order valence-corrected chi connectivity index (χ2v) is 14.3. The van der Waals surface area contributed by atoms with Crippen molar-refractivity contribution in [2.45, 2.75) is 68.0 Å². The van der Waals surface area contributed by atoms with Crippen LogP contribution in [0.25, 0.3) is 0 Å². The van der Waals surface area contributed by atoms with E-state index in [1.807, 2.05) is 31.2 Å². The molecule has 0 saturated heterocycles. The molecule has 0 spiro atoms. The van der Waals surface area contributed by atoms with Crippen molar-refractivity contribution in [3.05, 3.63) is 42.5 Å². The van der Waals surface area contributed by atoms with Crippen LogP contribution in [0.3, 0.4) is 0 Å². The number of benzene rings is 1. The second-order valence-electron chi connectivity index (χ2n) is 7.99. The van der Waals surface area contributed by atoms with Gasteiger partial charge in [0.05, 0.1) is 10.9 Å². The van der Waals surface area contributed by atoms with Gasteiger partial charge in [0.1, 0.15) is 0 Å². The summed E-state index contributed by atoms with van der Waals surface area (Å²) in [5, 5.41) is 0.172. The lowest BCUT2D eigenvalue weighted by atomic mass is 9.92. The van der Waals surface area contributed by atoms with E-state index >= 15 is 0 Å². The first-order valence-corrected chi connectivity index (χ1v) is 11.9. The van der Waals surface area contributed by atoms with Crippen LogP contribution in [0.2, 0.25) is 18.1 Å². The van der Waals surface area contributed by atoms with Crippen LogP contribution in [-0.2, 0) is 9.22 Å². The van der Waals surface area contributed by atoms with E-state index < -0.39 is 13.1 Å². The Labute approximate surface area is 145 Å². The molecule has 0 saturated carbocycles. The number of hydrogen-bond acceptors (Lipinski definition) is 3. The molecule has 1 aromatic rings. The molecule has 23 heavy (non-hydrogen) atoms. The first-order chi connectivity index (χ1) is 10.5. The van der Waals surface area contributed by atoms with E-state index in [1.54, 1.807) is 17.8 Å². The Morgan fingerprint density at radius 1 is 1.22 bits per heavy atom. The summed E-state index contributed by atoms with van der Waals surface area (Å²) < 4.78 is 6.06. The van der Waals surface area contributed by atoms with Crippen molar-refractivity contribution < 1.29 is 9.22 Å². The maximum Gasteiger partial charge on any atom is 0.192 e. The molecular weight excluding hydrogens is 320 g/mol. The summed E-state index contributed by atoms with van der Waals surface area (Å²) in [5.74, 6) is 0.182. The Hall–Kier alpha value is -0.843. The zero-order valence-corrected chi connectivity index (χ0v) is 16.9. The second kappa shape index (κ2) is 6.58. The highest BCUT2D eigenvalue weighted by Crippen LogP contribution is 2.43. The van der Waals surface area contributed by atoms with Crippen LogP contribution in [0, 0.1) is 0 Å². The third-order valence-electron chi connectivity index (χ3n) is 4.91. The van der Waals surface area contributed by atoms with Crippen LogP contribution in [0.15, 0.2) is 47.4 Å². The van der Waals surface area contributed by atoms with Gasteiger partial charge in [-0.15, -0.1) is 11.8 Å². The van der Waals surface area contributed by atoms with Crippen molar-refractivity contribution in [1.82, 2.24) is 0 Å². The number of allylic oxidation sites excluding steroid dienone is 1. The predicted octanol–water partition coefficient (Wildman–Crippen LogP) is 5.46. The lowest BCUT2D eigenvalue weighted by Gasteiger charge is -2.41. The van der Waals surface area contributed by atoms with Gasteiger partial charge in [0.15, 0.2) is 14.1 Å². The number of rotatable bonds is 4. The van der Waals surface area contributed by atoms with Crippen molar-refractivity contribution in [1.29, 1.82) is 0 Å². The molecule has 2 nitrogen and oxygen atoms in total. The van der Waals surface area contributed by atoms with Crippen LogP contribution >= 0.6 is 11.8 Å².